The highest BCUT2D eigenvalue weighted by Gasteiger charge is 2.24. The van der Waals surface area contributed by atoms with Crippen molar-refractivity contribution in [2.45, 2.75) is 70.3 Å². The van der Waals surface area contributed by atoms with E-state index in [1.54, 1.807) is 7.11 Å². The van der Waals surface area contributed by atoms with Gasteiger partial charge in [-0.25, -0.2) is 0 Å². The summed E-state index contributed by atoms with van der Waals surface area (Å²) in [6.45, 7) is 6.92. The minimum absolute atomic E-state index is 0.0617. The normalized spacial score (nSPS) is 19.9. The van der Waals surface area contributed by atoms with Gasteiger partial charge in [0, 0.05) is 18.7 Å². The average molecular weight is 433 g/mol. The van der Waals surface area contributed by atoms with Crippen LogP contribution in [-0.2, 0) is 11.3 Å². The van der Waals surface area contributed by atoms with Crippen molar-refractivity contribution in [2.24, 2.45) is 5.92 Å². The van der Waals surface area contributed by atoms with Crippen molar-refractivity contribution in [3.63, 3.8) is 0 Å². The zero-order chi connectivity index (χ0) is 21.5. The smallest absolute Gasteiger partial charge is 0.230 e. The van der Waals surface area contributed by atoms with E-state index in [1.165, 1.54) is 31.0 Å². The van der Waals surface area contributed by atoms with E-state index in [4.69, 9.17) is 9.47 Å². The molecule has 1 N–H and O–H groups in total. The molecule has 1 aromatic heterocycles. The van der Waals surface area contributed by atoms with Gasteiger partial charge in [-0.15, -0.1) is 10.2 Å². The predicted molar refractivity (Wildman–Crippen MR) is 118 cm³/mol. The first kappa shape index (κ1) is 22.5. The Balaban J connectivity index is 1.59. The first-order chi connectivity index (χ1) is 14.5. The number of ether oxygens (including phenoxy) is 2. The summed E-state index contributed by atoms with van der Waals surface area (Å²) in [5, 5.41) is 12.6. The number of benzene rings is 1. The van der Waals surface area contributed by atoms with Gasteiger partial charge in [-0.2, -0.15) is 0 Å². The van der Waals surface area contributed by atoms with Crippen LogP contribution in [0.3, 0.4) is 0 Å². The average Bonchev–Trinajstić information content (AvgIpc) is 3.17. The second-order valence-corrected chi connectivity index (χ2v) is 8.69. The molecule has 164 valence electrons. The van der Waals surface area contributed by atoms with Crippen LogP contribution in [0.2, 0.25) is 0 Å². The van der Waals surface area contributed by atoms with Crippen LogP contribution in [-0.4, -0.2) is 39.6 Å². The fraction of sp³-hybridized carbons (Fsp3) is 0.591. The molecule has 1 aromatic carbocycles. The molecule has 0 bridgehead atoms. The maximum absolute atomic E-state index is 12.4. The Hall–Kier alpha value is -2.22. The van der Waals surface area contributed by atoms with Gasteiger partial charge in [0.2, 0.25) is 5.91 Å². The van der Waals surface area contributed by atoms with Crippen molar-refractivity contribution in [3.8, 4) is 11.5 Å². The maximum atomic E-state index is 12.4. The molecule has 3 atom stereocenters. The Morgan fingerprint density at radius 3 is 2.80 bits per heavy atom. The van der Waals surface area contributed by atoms with Gasteiger partial charge in [0.25, 0.3) is 0 Å². The van der Waals surface area contributed by atoms with Crippen molar-refractivity contribution < 1.29 is 14.3 Å². The van der Waals surface area contributed by atoms with Crippen LogP contribution >= 0.6 is 11.8 Å². The van der Waals surface area contributed by atoms with E-state index in [0.29, 0.717) is 30.0 Å². The topological polar surface area (TPSA) is 78.3 Å². The molecule has 0 saturated heterocycles. The van der Waals surface area contributed by atoms with Gasteiger partial charge < -0.3 is 19.4 Å². The largest absolute Gasteiger partial charge is 0.497 e. The van der Waals surface area contributed by atoms with Gasteiger partial charge in [-0.3, -0.25) is 4.79 Å². The summed E-state index contributed by atoms with van der Waals surface area (Å²) < 4.78 is 13.3. The summed E-state index contributed by atoms with van der Waals surface area (Å²) in [7, 11) is 1.63. The number of hydrogen-bond acceptors (Lipinski definition) is 6. The third kappa shape index (κ3) is 5.68. The van der Waals surface area contributed by atoms with E-state index in [2.05, 4.69) is 22.4 Å². The molecule has 30 heavy (non-hydrogen) atoms. The van der Waals surface area contributed by atoms with E-state index in [1.807, 2.05) is 42.7 Å². The molecule has 1 amide bonds. The Kier molecular flexibility index (Phi) is 8.01. The number of nitrogens with zero attached hydrogens (tertiary/aromatic N) is 3. The number of rotatable bonds is 9. The van der Waals surface area contributed by atoms with Crippen LogP contribution in [0.15, 0.2) is 29.4 Å². The van der Waals surface area contributed by atoms with Crippen molar-refractivity contribution in [3.05, 3.63) is 30.1 Å². The molecule has 1 aliphatic carbocycles. The van der Waals surface area contributed by atoms with Crippen LogP contribution in [0.5, 0.6) is 11.5 Å². The maximum Gasteiger partial charge on any atom is 0.230 e. The Morgan fingerprint density at radius 2 is 2.07 bits per heavy atom. The lowest BCUT2D eigenvalue weighted by Gasteiger charge is -2.29. The molecule has 1 aliphatic rings. The van der Waals surface area contributed by atoms with E-state index in [9.17, 15) is 4.79 Å². The van der Waals surface area contributed by atoms with E-state index in [0.717, 1.165) is 23.2 Å². The van der Waals surface area contributed by atoms with Crippen molar-refractivity contribution in [1.82, 2.24) is 20.1 Å². The lowest BCUT2D eigenvalue weighted by Crippen LogP contribution is -2.41. The highest BCUT2D eigenvalue weighted by atomic mass is 32.2. The second kappa shape index (κ2) is 10.7. The number of hydrogen-bond donors (Lipinski definition) is 1. The minimum atomic E-state index is -0.282. The number of methoxy groups -OCH3 is 1. The Morgan fingerprint density at radius 1 is 1.30 bits per heavy atom. The molecule has 0 spiro atoms. The number of carbonyl (C=O) groups is 1. The lowest BCUT2D eigenvalue weighted by atomic mass is 9.86. The fourth-order valence-electron chi connectivity index (χ4n) is 3.85. The number of nitrogens with one attached hydrogen (secondary N) is 1. The standard InChI is InChI=1S/C22H32N4O3S/c1-5-26-21(16(3)29-18-11-8-10-17(13-18)28-4)24-25-22(26)30-14-20(27)23-19-12-7-6-9-15(19)2/h8,10-11,13,15-16,19H,5-7,9,12,14H2,1-4H3,(H,23,27). The summed E-state index contributed by atoms with van der Waals surface area (Å²) in [6.07, 6.45) is 4.45. The van der Waals surface area contributed by atoms with Gasteiger partial charge in [0.05, 0.1) is 12.9 Å². The molecule has 7 nitrogen and oxygen atoms in total. The molecule has 3 rings (SSSR count). The molecular formula is C22H32N4O3S. The molecule has 1 heterocycles. The van der Waals surface area contributed by atoms with Crippen molar-refractivity contribution in [1.29, 1.82) is 0 Å². The summed E-state index contributed by atoms with van der Waals surface area (Å²) in [6, 6.07) is 7.79. The van der Waals surface area contributed by atoms with Gasteiger partial charge in [0.15, 0.2) is 17.1 Å². The number of aromatic nitrogens is 3. The zero-order valence-corrected chi connectivity index (χ0v) is 19.1. The summed E-state index contributed by atoms with van der Waals surface area (Å²) in [5.74, 6) is 3.14. The fourth-order valence-corrected chi connectivity index (χ4v) is 4.67. The monoisotopic (exact) mass is 432 g/mol. The number of carbonyl (C=O) groups excluding carboxylic acids is 1. The van der Waals surface area contributed by atoms with Crippen molar-refractivity contribution >= 4 is 17.7 Å². The molecule has 2 aromatic rings. The van der Waals surface area contributed by atoms with Crippen LogP contribution < -0.4 is 14.8 Å². The first-order valence-electron chi connectivity index (χ1n) is 10.7. The summed E-state index contributed by atoms with van der Waals surface area (Å²) in [5.41, 5.74) is 0. The van der Waals surface area contributed by atoms with Gasteiger partial charge >= 0.3 is 0 Å². The predicted octanol–water partition coefficient (Wildman–Crippen LogP) is 4.23. The second-order valence-electron chi connectivity index (χ2n) is 7.75. The van der Waals surface area contributed by atoms with Gasteiger partial charge in [-0.05, 0) is 44.7 Å². The third-order valence-electron chi connectivity index (χ3n) is 5.57. The van der Waals surface area contributed by atoms with Crippen LogP contribution in [0.4, 0.5) is 0 Å². The highest BCUT2D eigenvalue weighted by Crippen LogP contribution is 2.27. The van der Waals surface area contributed by atoms with Crippen molar-refractivity contribution in [2.75, 3.05) is 12.9 Å². The van der Waals surface area contributed by atoms with E-state index in [-0.39, 0.29) is 12.0 Å². The molecule has 8 heteroatoms. The van der Waals surface area contributed by atoms with E-state index >= 15 is 0 Å². The quantitative estimate of drug-likeness (QED) is 0.598. The van der Waals surface area contributed by atoms with Crippen LogP contribution in [0.25, 0.3) is 0 Å². The minimum Gasteiger partial charge on any atom is -0.497 e. The first-order valence-corrected chi connectivity index (χ1v) is 11.7. The highest BCUT2D eigenvalue weighted by molar-refractivity contribution is 7.99. The number of amides is 1. The zero-order valence-electron chi connectivity index (χ0n) is 18.3. The Bertz CT molecular complexity index is 842. The van der Waals surface area contributed by atoms with Gasteiger partial charge in [0.1, 0.15) is 11.5 Å². The third-order valence-corrected chi connectivity index (χ3v) is 6.54. The molecular weight excluding hydrogens is 400 g/mol. The molecule has 1 fully saturated rings. The Labute approximate surface area is 182 Å². The summed E-state index contributed by atoms with van der Waals surface area (Å²) >= 11 is 1.42. The molecule has 1 saturated carbocycles. The molecule has 3 unspecified atom stereocenters. The number of thioether (sulfide) groups is 1. The lowest BCUT2D eigenvalue weighted by molar-refractivity contribution is -0.119. The molecule has 0 aliphatic heterocycles. The molecule has 0 radical (unpaired) electrons. The van der Waals surface area contributed by atoms with Crippen LogP contribution in [0.1, 0.15) is 58.4 Å². The van der Waals surface area contributed by atoms with Gasteiger partial charge in [-0.1, -0.05) is 37.6 Å². The summed E-state index contributed by atoms with van der Waals surface area (Å²) in [4.78, 5) is 12.4. The van der Waals surface area contributed by atoms with Crippen LogP contribution in [0, 0.1) is 5.92 Å². The SMILES string of the molecule is CCn1c(SCC(=O)NC2CCCCC2C)nnc1C(C)Oc1cccc(OC)c1. The van der Waals surface area contributed by atoms with E-state index < -0.39 is 0 Å².